The first-order valence-corrected chi connectivity index (χ1v) is 9.75. The van der Waals surface area contributed by atoms with Crippen LogP contribution in [0.15, 0.2) is 18.5 Å². The van der Waals surface area contributed by atoms with Crippen LogP contribution >= 0.6 is 11.6 Å². The summed E-state index contributed by atoms with van der Waals surface area (Å²) in [6, 6.07) is 2.58. The predicted molar refractivity (Wildman–Crippen MR) is 84.2 cm³/mol. The lowest BCUT2D eigenvalue weighted by molar-refractivity contribution is 0.342. The molecule has 0 aromatic carbocycles. The molecule has 0 radical (unpaired) electrons. The van der Waals surface area contributed by atoms with Crippen LogP contribution < -0.4 is 5.32 Å². The summed E-state index contributed by atoms with van der Waals surface area (Å²) in [5.74, 6) is 1.22. The Kier molecular flexibility index (Phi) is 4.52. The van der Waals surface area contributed by atoms with E-state index in [-0.39, 0.29) is 5.92 Å². The molecule has 2 aliphatic rings. The topological polar surface area (TPSA) is 59.1 Å². The van der Waals surface area contributed by atoms with Gasteiger partial charge in [0.05, 0.1) is 16.5 Å². The van der Waals surface area contributed by atoms with Gasteiger partial charge in [-0.25, -0.2) is 8.42 Å². The maximum Gasteiger partial charge on any atom is 0.150 e. The quantitative estimate of drug-likeness (QED) is 0.868. The van der Waals surface area contributed by atoms with Crippen LogP contribution in [0.25, 0.3) is 0 Å². The zero-order valence-electron chi connectivity index (χ0n) is 12.0. The molecule has 0 bridgehead atoms. The Morgan fingerprint density at radius 2 is 2.19 bits per heavy atom. The number of hydrogen-bond acceptors (Lipinski definition) is 4. The summed E-state index contributed by atoms with van der Waals surface area (Å²) >= 11 is 6.20. The highest BCUT2D eigenvalue weighted by Gasteiger charge is 2.34. The van der Waals surface area contributed by atoms with Gasteiger partial charge in [0.1, 0.15) is 0 Å². The molecular formula is C15H21ClN2O2S. The smallest absolute Gasteiger partial charge is 0.150 e. The SMILES string of the molecule is O=S1(=O)CCC(C(CNC2CC2)Cc2ccncc2Cl)C1. The van der Waals surface area contributed by atoms with Crippen molar-refractivity contribution in [2.75, 3.05) is 18.1 Å². The van der Waals surface area contributed by atoms with Gasteiger partial charge in [0.25, 0.3) is 0 Å². The molecule has 1 aromatic heterocycles. The summed E-state index contributed by atoms with van der Waals surface area (Å²) in [6.07, 6.45) is 7.49. The molecule has 2 atom stereocenters. The van der Waals surface area contributed by atoms with E-state index >= 15 is 0 Å². The normalized spacial score (nSPS) is 25.9. The molecule has 2 heterocycles. The summed E-state index contributed by atoms with van der Waals surface area (Å²) in [5, 5.41) is 4.22. The Morgan fingerprint density at radius 1 is 1.38 bits per heavy atom. The van der Waals surface area contributed by atoms with Crippen molar-refractivity contribution in [1.82, 2.24) is 10.3 Å². The van der Waals surface area contributed by atoms with E-state index in [0.29, 0.717) is 28.5 Å². The molecule has 2 fully saturated rings. The fourth-order valence-electron chi connectivity index (χ4n) is 3.06. The van der Waals surface area contributed by atoms with Crippen LogP contribution in [0.1, 0.15) is 24.8 Å². The molecular weight excluding hydrogens is 308 g/mol. The van der Waals surface area contributed by atoms with Crippen molar-refractivity contribution in [3.8, 4) is 0 Å². The number of nitrogens with one attached hydrogen (secondary N) is 1. The van der Waals surface area contributed by atoms with Gasteiger partial charge in [-0.1, -0.05) is 11.6 Å². The van der Waals surface area contributed by atoms with Crippen LogP contribution in [0.2, 0.25) is 5.02 Å². The minimum atomic E-state index is -2.84. The van der Waals surface area contributed by atoms with Crippen molar-refractivity contribution in [2.24, 2.45) is 11.8 Å². The second kappa shape index (κ2) is 6.23. The zero-order chi connectivity index (χ0) is 14.9. The van der Waals surface area contributed by atoms with E-state index in [1.165, 1.54) is 12.8 Å². The standard InChI is InChI=1S/C15H21ClN2O2S/c16-15-9-17-5-3-11(15)7-13(8-18-14-1-2-14)12-4-6-21(19,20)10-12/h3,5,9,12-14,18H,1-2,4,6-8,10H2. The molecule has 116 valence electrons. The van der Waals surface area contributed by atoms with E-state index in [4.69, 9.17) is 11.6 Å². The highest BCUT2D eigenvalue weighted by Crippen LogP contribution is 2.31. The lowest BCUT2D eigenvalue weighted by atomic mass is 9.86. The van der Waals surface area contributed by atoms with E-state index < -0.39 is 9.84 Å². The summed E-state index contributed by atoms with van der Waals surface area (Å²) < 4.78 is 23.5. The molecule has 3 rings (SSSR count). The third-order valence-electron chi connectivity index (χ3n) is 4.52. The summed E-state index contributed by atoms with van der Waals surface area (Å²) in [7, 11) is -2.84. The molecule has 1 N–H and O–H groups in total. The Morgan fingerprint density at radius 3 is 2.81 bits per heavy atom. The largest absolute Gasteiger partial charge is 0.314 e. The van der Waals surface area contributed by atoms with Crippen molar-refractivity contribution in [2.45, 2.75) is 31.7 Å². The van der Waals surface area contributed by atoms with Gasteiger partial charge in [0.15, 0.2) is 9.84 Å². The van der Waals surface area contributed by atoms with E-state index in [1.807, 2.05) is 6.07 Å². The number of sulfone groups is 1. The number of hydrogen-bond donors (Lipinski definition) is 1. The van der Waals surface area contributed by atoms with Crippen LogP contribution in [-0.2, 0) is 16.3 Å². The molecule has 4 nitrogen and oxygen atoms in total. The molecule has 1 saturated carbocycles. The van der Waals surface area contributed by atoms with Gasteiger partial charge in [0.2, 0.25) is 0 Å². The molecule has 1 aromatic rings. The number of nitrogens with zero attached hydrogens (tertiary/aromatic N) is 1. The molecule has 1 aliphatic carbocycles. The molecule has 21 heavy (non-hydrogen) atoms. The Bertz CT molecular complexity index is 601. The van der Waals surface area contributed by atoms with Gasteiger partial charge >= 0.3 is 0 Å². The van der Waals surface area contributed by atoms with Gasteiger partial charge in [-0.3, -0.25) is 4.98 Å². The van der Waals surface area contributed by atoms with Crippen LogP contribution in [0.4, 0.5) is 0 Å². The molecule has 1 aliphatic heterocycles. The Labute approximate surface area is 131 Å². The molecule has 6 heteroatoms. The number of aromatic nitrogens is 1. The van der Waals surface area contributed by atoms with Gasteiger partial charge in [-0.15, -0.1) is 0 Å². The second-order valence-electron chi connectivity index (χ2n) is 6.28. The van der Waals surface area contributed by atoms with Gasteiger partial charge in [-0.05, 0) is 55.7 Å². The Balaban J connectivity index is 1.70. The average molecular weight is 329 g/mol. The van der Waals surface area contributed by atoms with E-state index in [2.05, 4.69) is 10.3 Å². The van der Waals surface area contributed by atoms with Crippen molar-refractivity contribution in [3.05, 3.63) is 29.0 Å². The van der Waals surface area contributed by atoms with Gasteiger partial charge in [-0.2, -0.15) is 0 Å². The fourth-order valence-corrected chi connectivity index (χ4v) is 5.17. The second-order valence-corrected chi connectivity index (χ2v) is 8.91. The monoisotopic (exact) mass is 328 g/mol. The minimum Gasteiger partial charge on any atom is -0.314 e. The summed E-state index contributed by atoms with van der Waals surface area (Å²) in [4.78, 5) is 4.01. The van der Waals surface area contributed by atoms with E-state index in [1.54, 1.807) is 12.4 Å². The molecule has 2 unspecified atom stereocenters. The van der Waals surface area contributed by atoms with E-state index in [9.17, 15) is 8.42 Å². The van der Waals surface area contributed by atoms with Crippen LogP contribution in [-0.4, -0.2) is 37.5 Å². The summed E-state index contributed by atoms with van der Waals surface area (Å²) in [6.45, 7) is 0.878. The number of pyridine rings is 1. The third kappa shape index (κ3) is 4.18. The average Bonchev–Trinajstić information content (AvgIpc) is 3.19. The van der Waals surface area contributed by atoms with Gasteiger partial charge < -0.3 is 5.32 Å². The van der Waals surface area contributed by atoms with Crippen LogP contribution in [0.3, 0.4) is 0 Å². The maximum absolute atomic E-state index is 11.8. The van der Waals surface area contributed by atoms with Crippen molar-refractivity contribution >= 4 is 21.4 Å². The first-order chi connectivity index (χ1) is 10.0. The first-order valence-electron chi connectivity index (χ1n) is 7.56. The minimum absolute atomic E-state index is 0.241. The van der Waals surface area contributed by atoms with Gasteiger partial charge in [0, 0.05) is 18.4 Å². The highest BCUT2D eigenvalue weighted by molar-refractivity contribution is 7.91. The maximum atomic E-state index is 11.8. The molecule has 1 saturated heterocycles. The zero-order valence-corrected chi connectivity index (χ0v) is 13.5. The van der Waals surface area contributed by atoms with Crippen LogP contribution in [0.5, 0.6) is 0 Å². The fraction of sp³-hybridized carbons (Fsp3) is 0.667. The van der Waals surface area contributed by atoms with Crippen LogP contribution in [0, 0.1) is 11.8 Å². The number of halogens is 1. The van der Waals surface area contributed by atoms with Crippen molar-refractivity contribution in [1.29, 1.82) is 0 Å². The summed E-state index contributed by atoms with van der Waals surface area (Å²) in [5.41, 5.74) is 1.07. The lowest BCUT2D eigenvalue weighted by Gasteiger charge is -2.23. The lowest BCUT2D eigenvalue weighted by Crippen LogP contribution is -2.32. The molecule has 0 spiro atoms. The molecule has 0 amide bonds. The first kappa shape index (κ1) is 15.3. The highest BCUT2D eigenvalue weighted by atomic mass is 35.5. The Hall–Kier alpha value is -0.650. The van der Waals surface area contributed by atoms with E-state index in [0.717, 1.165) is 24.9 Å². The number of rotatable bonds is 6. The van der Waals surface area contributed by atoms with Crippen molar-refractivity contribution in [3.63, 3.8) is 0 Å². The van der Waals surface area contributed by atoms with Crippen molar-refractivity contribution < 1.29 is 8.42 Å². The third-order valence-corrected chi connectivity index (χ3v) is 6.65. The predicted octanol–water partition coefficient (Wildman–Crippen LogP) is 2.08.